The fraction of sp³-hybridized carbons (Fsp3) is 0.128. The number of anilines is 2. The number of nitrogens with zero attached hydrogens (tertiary/aromatic N) is 3. The average molecular weight is 674 g/mol. The molecule has 1 aromatic heterocycles. The van der Waals surface area contributed by atoms with Gasteiger partial charge in [0.05, 0.1) is 16.2 Å². The molecule has 6 rings (SSSR count). The monoisotopic (exact) mass is 673 g/mol. The van der Waals surface area contributed by atoms with Crippen molar-refractivity contribution in [1.82, 2.24) is 14.8 Å². The molecule has 1 atom stereocenters. The molecule has 1 unspecified atom stereocenters. The smallest absolute Gasteiger partial charge is 0.322 e. The van der Waals surface area contributed by atoms with Crippen molar-refractivity contribution < 1.29 is 9.59 Å². The number of piperazine rings is 1. The molecule has 3 amide bonds. The van der Waals surface area contributed by atoms with Gasteiger partial charge in [-0.3, -0.25) is 9.78 Å². The van der Waals surface area contributed by atoms with E-state index in [0.29, 0.717) is 42.5 Å². The van der Waals surface area contributed by atoms with Gasteiger partial charge in [-0.05, 0) is 71.9 Å². The zero-order valence-electron chi connectivity index (χ0n) is 26.6. The van der Waals surface area contributed by atoms with Crippen LogP contribution in [0.15, 0.2) is 138 Å². The van der Waals surface area contributed by atoms with Crippen molar-refractivity contribution in [1.29, 1.82) is 0 Å². The van der Waals surface area contributed by atoms with Crippen LogP contribution in [0.1, 0.15) is 17.3 Å². The summed E-state index contributed by atoms with van der Waals surface area (Å²) in [5, 5.41) is 6.63. The van der Waals surface area contributed by atoms with Crippen LogP contribution in [0.2, 0.25) is 5.02 Å². The number of pyridine rings is 1. The molecule has 1 aliphatic heterocycles. The maximum atomic E-state index is 13.3. The van der Waals surface area contributed by atoms with Crippen LogP contribution in [0.3, 0.4) is 0 Å². The van der Waals surface area contributed by atoms with E-state index < -0.39 is 0 Å². The molecule has 5 aromatic rings. The Morgan fingerprint density at radius 3 is 2.10 bits per heavy atom. The first-order valence-electron chi connectivity index (χ1n) is 15.8. The molecule has 0 radical (unpaired) electrons. The second kappa shape index (κ2) is 15.6. The lowest BCUT2D eigenvalue weighted by Crippen LogP contribution is -2.51. The van der Waals surface area contributed by atoms with E-state index in [9.17, 15) is 9.59 Å². The first kappa shape index (κ1) is 32.7. The van der Waals surface area contributed by atoms with Crippen molar-refractivity contribution in [3.8, 4) is 11.1 Å². The van der Waals surface area contributed by atoms with Crippen LogP contribution in [0.4, 0.5) is 16.2 Å². The normalized spacial score (nSPS) is 13.5. The minimum atomic E-state index is -0.368. The van der Waals surface area contributed by atoms with E-state index >= 15 is 0 Å². The summed E-state index contributed by atoms with van der Waals surface area (Å²) in [5.41, 5.74) is 5.00. The lowest BCUT2D eigenvalue weighted by molar-refractivity contribution is 0.0671. The Morgan fingerprint density at radius 1 is 0.750 bits per heavy atom. The number of hydrogen-bond donors (Lipinski definition) is 2. The number of hydrogen-bond acceptors (Lipinski definition) is 4. The standard InChI is InChI=1S/C39H36ClN5O2S/c1-2-48(36-16-10-14-30-15-11-23-41-37(30)36)43-33-20-17-31(18-21-33)38(46)44-24-26-45(27-25-44)39(47)42-35-22-19-32(28-34(35)40)29-12-8-6-4-3-5-7-9-13-29/h2-23,28,43H,24-27H2,1H3,(H,42,47). The highest BCUT2D eigenvalue weighted by molar-refractivity contribution is 8.16. The molecular weight excluding hydrogens is 638 g/mol. The third-order valence-corrected chi connectivity index (χ3v) is 10.1. The summed E-state index contributed by atoms with van der Waals surface area (Å²) in [5.74, 6) is -0.0511. The van der Waals surface area contributed by atoms with Gasteiger partial charge in [-0.25, -0.2) is 4.79 Å². The molecule has 1 fully saturated rings. The van der Waals surface area contributed by atoms with E-state index in [2.05, 4.69) is 38.6 Å². The number of para-hydroxylation sites is 1. The third kappa shape index (κ3) is 7.85. The predicted octanol–water partition coefficient (Wildman–Crippen LogP) is 9.15. The fourth-order valence-corrected chi connectivity index (χ4v) is 7.18. The Kier molecular flexibility index (Phi) is 10.6. The number of urea groups is 1. The molecule has 1 aliphatic rings. The number of aromatic nitrogens is 1. The summed E-state index contributed by atoms with van der Waals surface area (Å²) in [4.78, 5) is 35.7. The fourth-order valence-electron chi connectivity index (χ4n) is 5.48. The molecule has 2 N–H and O–H groups in total. The molecule has 0 saturated carbocycles. The maximum Gasteiger partial charge on any atom is 0.322 e. The molecule has 0 bridgehead atoms. The summed E-state index contributed by atoms with van der Waals surface area (Å²) in [6.07, 6.45) is 1.82. The predicted molar refractivity (Wildman–Crippen MR) is 200 cm³/mol. The molecule has 0 spiro atoms. The highest BCUT2D eigenvalue weighted by atomic mass is 35.5. The van der Waals surface area contributed by atoms with Crippen molar-refractivity contribution in [3.63, 3.8) is 0 Å². The molecule has 48 heavy (non-hydrogen) atoms. The second-order valence-electron chi connectivity index (χ2n) is 11.1. The number of rotatable bonds is 6. The number of fused-ring (bicyclic) bond motifs is 1. The number of carbonyl (C=O) groups is 2. The van der Waals surface area contributed by atoms with E-state index in [1.54, 1.807) is 9.80 Å². The van der Waals surface area contributed by atoms with Crippen LogP contribution < -0.4 is 10.0 Å². The van der Waals surface area contributed by atoms with Gasteiger partial charge in [-0.15, -0.1) is 0 Å². The van der Waals surface area contributed by atoms with Crippen molar-refractivity contribution in [2.24, 2.45) is 0 Å². The quantitative estimate of drug-likeness (QED) is 0.176. The summed E-state index contributed by atoms with van der Waals surface area (Å²) in [6, 6.07) is 41.0. The average Bonchev–Trinajstić information content (AvgIpc) is 3.13. The Bertz CT molecular complexity index is 2000. The van der Waals surface area contributed by atoms with E-state index in [-0.39, 0.29) is 22.6 Å². The Hall–Kier alpha value is -5.18. The van der Waals surface area contributed by atoms with E-state index in [4.69, 9.17) is 11.6 Å². The van der Waals surface area contributed by atoms with Crippen LogP contribution >= 0.6 is 22.3 Å². The third-order valence-electron chi connectivity index (χ3n) is 8.04. The van der Waals surface area contributed by atoms with Gasteiger partial charge in [0.15, 0.2) is 0 Å². The van der Waals surface area contributed by atoms with Gasteiger partial charge >= 0.3 is 6.03 Å². The van der Waals surface area contributed by atoms with Gasteiger partial charge in [0.1, 0.15) is 0 Å². The lowest BCUT2D eigenvalue weighted by Gasteiger charge is -2.34. The molecule has 2 heterocycles. The molecule has 7 nitrogen and oxygen atoms in total. The summed E-state index contributed by atoms with van der Waals surface area (Å²) >= 11 is 6.61. The first-order valence-corrected chi connectivity index (χ1v) is 17.4. The van der Waals surface area contributed by atoms with Gasteiger partial charge in [0.2, 0.25) is 0 Å². The van der Waals surface area contributed by atoms with Crippen LogP contribution in [-0.2, 0) is 0 Å². The van der Waals surface area contributed by atoms with Crippen molar-refractivity contribution in [2.45, 2.75) is 11.8 Å². The number of benzene rings is 3. The van der Waals surface area contributed by atoms with Crippen molar-refractivity contribution >= 4 is 61.9 Å². The molecular formula is C39H36ClN5O2S. The van der Waals surface area contributed by atoms with Gasteiger partial charge in [0.25, 0.3) is 5.91 Å². The molecule has 1 saturated heterocycles. The molecule has 9 heteroatoms. The van der Waals surface area contributed by atoms with Crippen LogP contribution in [-0.4, -0.2) is 58.3 Å². The van der Waals surface area contributed by atoms with E-state index in [1.165, 1.54) is 0 Å². The van der Waals surface area contributed by atoms with Crippen LogP contribution in [0.5, 0.6) is 0 Å². The Morgan fingerprint density at radius 2 is 1.42 bits per heavy atom. The second-order valence-corrected chi connectivity index (χ2v) is 13.3. The molecule has 0 aliphatic carbocycles. The van der Waals surface area contributed by atoms with Gasteiger partial charge in [-0.1, -0.05) is 101 Å². The Balaban J connectivity index is 1.04. The minimum Gasteiger partial charge on any atom is -0.335 e. The summed E-state index contributed by atoms with van der Waals surface area (Å²) in [7, 11) is -0.368. The zero-order chi connectivity index (χ0) is 33.3. The maximum absolute atomic E-state index is 13.3. The number of halogens is 1. The first-order chi connectivity index (χ1) is 23.5. The van der Waals surface area contributed by atoms with Crippen LogP contribution in [0.25, 0.3) is 22.0 Å². The van der Waals surface area contributed by atoms with Gasteiger partial charge < -0.3 is 19.8 Å². The largest absolute Gasteiger partial charge is 0.335 e. The topological polar surface area (TPSA) is 77.6 Å². The summed E-state index contributed by atoms with van der Waals surface area (Å²) < 4.78 is 3.59. The Labute approximate surface area is 288 Å². The summed E-state index contributed by atoms with van der Waals surface area (Å²) in [6.45, 7) is 3.77. The highest BCUT2D eigenvalue weighted by Gasteiger charge is 2.25. The number of amides is 3. The SMILES string of the molecule is C/C=S(\Nc1ccc(C(=O)N2CCN(C(=O)Nc3ccc(-c4ccccccccc4)cc3Cl)CC2)cc1)c1cccc2cccnc12. The molecule has 242 valence electrons. The highest BCUT2D eigenvalue weighted by Crippen LogP contribution is 2.33. The lowest BCUT2D eigenvalue weighted by atomic mass is 10.1. The van der Waals surface area contributed by atoms with Gasteiger partial charge in [-0.2, -0.15) is 0 Å². The minimum absolute atomic E-state index is 0.0511. The number of carbonyl (C=O) groups excluding carboxylic acids is 2. The van der Waals surface area contributed by atoms with Gasteiger partial charge in [0, 0.05) is 53.9 Å². The molecule has 4 aromatic carbocycles. The van der Waals surface area contributed by atoms with Crippen LogP contribution in [0, 0.1) is 0 Å². The van der Waals surface area contributed by atoms with E-state index in [1.807, 2.05) is 122 Å². The van der Waals surface area contributed by atoms with Crippen molar-refractivity contribution in [2.75, 3.05) is 36.2 Å². The zero-order valence-corrected chi connectivity index (χ0v) is 28.1. The number of nitrogens with one attached hydrogen (secondary N) is 2. The van der Waals surface area contributed by atoms with E-state index in [0.717, 1.165) is 32.6 Å². The van der Waals surface area contributed by atoms with Crippen molar-refractivity contribution in [3.05, 3.63) is 144 Å².